The minimum absolute atomic E-state index is 0.511. The van der Waals surface area contributed by atoms with Crippen LogP contribution in [0.3, 0.4) is 0 Å². The molecule has 0 radical (unpaired) electrons. The van der Waals surface area contributed by atoms with Crippen LogP contribution in [0.25, 0.3) is 0 Å². The van der Waals surface area contributed by atoms with Gasteiger partial charge in [-0.1, -0.05) is 64.7 Å². The number of ether oxygens (including phenoxy) is 7. The minimum atomic E-state index is 0.511. The second kappa shape index (κ2) is 33.0. The second-order valence-corrected chi connectivity index (χ2v) is 8.54. The Labute approximate surface area is 214 Å². The molecular formula is C26H53ClO7. The van der Waals surface area contributed by atoms with Crippen molar-refractivity contribution in [1.29, 1.82) is 0 Å². The molecule has 0 aliphatic carbocycles. The standard InChI is InChI=1S/C26H53ClO7/c1-2-3-4-5-6-7-8-9-10-11-13-28-15-17-30-19-21-32-23-25-34-26-24-33-22-20-31-18-16-29-14-12-27/h2-26H2,1H3. The van der Waals surface area contributed by atoms with Crippen molar-refractivity contribution >= 4 is 11.6 Å². The van der Waals surface area contributed by atoms with E-state index in [1.807, 2.05) is 0 Å². The van der Waals surface area contributed by atoms with E-state index in [0.29, 0.717) is 91.8 Å². The smallest absolute Gasteiger partial charge is 0.0701 e. The number of hydrogen-bond donors (Lipinski definition) is 0. The molecule has 0 saturated carbocycles. The lowest BCUT2D eigenvalue weighted by molar-refractivity contribution is -0.0201. The lowest BCUT2D eigenvalue weighted by Crippen LogP contribution is -2.14. The zero-order chi connectivity index (χ0) is 24.6. The largest absolute Gasteiger partial charge is 0.379 e. The van der Waals surface area contributed by atoms with Crippen molar-refractivity contribution in [2.24, 2.45) is 0 Å². The Morgan fingerprint density at radius 3 is 0.912 bits per heavy atom. The molecular weight excluding hydrogens is 460 g/mol. The molecule has 0 fully saturated rings. The van der Waals surface area contributed by atoms with E-state index >= 15 is 0 Å². The maximum atomic E-state index is 5.62. The van der Waals surface area contributed by atoms with Gasteiger partial charge >= 0.3 is 0 Å². The number of hydrogen-bond acceptors (Lipinski definition) is 7. The van der Waals surface area contributed by atoms with Gasteiger partial charge in [0.25, 0.3) is 0 Å². The van der Waals surface area contributed by atoms with Gasteiger partial charge in [-0.05, 0) is 6.42 Å². The monoisotopic (exact) mass is 512 g/mol. The predicted octanol–water partition coefficient (Wildman–Crippen LogP) is 5.26. The fourth-order valence-corrected chi connectivity index (χ4v) is 3.28. The van der Waals surface area contributed by atoms with Crippen LogP contribution in [0.2, 0.25) is 0 Å². The molecule has 0 amide bonds. The van der Waals surface area contributed by atoms with E-state index in [1.165, 1.54) is 57.8 Å². The minimum Gasteiger partial charge on any atom is -0.379 e. The molecule has 7 nitrogen and oxygen atoms in total. The molecule has 0 aliphatic rings. The Balaban J connectivity index is 2.99. The number of rotatable bonds is 31. The maximum absolute atomic E-state index is 5.62. The Bertz CT molecular complexity index is 319. The summed E-state index contributed by atoms with van der Waals surface area (Å²) in [5, 5.41) is 0. The lowest BCUT2D eigenvalue weighted by atomic mass is 10.1. The van der Waals surface area contributed by atoms with E-state index in [1.54, 1.807) is 0 Å². The van der Waals surface area contributed by atoms with Gasteiger partial charge in [-0.2, -0.15) is 0 Å². The van der Waals surface area contributed by atoms with E-state index in [2.05, 4.69) is 6.92 Å². The molecule has 0 aromatic carbocycles. The predicted molar refractivity (Wildman–Crippen MR) is 138 cm³/mol. The zero-order valence-electron chi connectivity index (χ0n) is 21.9. The van der Waals surface area contributed by atoms with E-state index in [0.717, 1.165) is 13.0 Å². The highest BCUT2D eigenvalue weighted by molar-refractivity contribution is 6.17. The molecule has 0 aliphatic heterocycles. The first-order valence-electron chi connectivity index (χ1n) is 13.5. The van der Waals surface area contributed by atoms with Crippen LogP contribution >= 0.6 is 11.6 Å². The molecule has 0 saturated heterocycles. The normalized spacial score (nSPS) is 11.5. The van der Waals surface area contributed by atoms with E-state index < -0.39 is 0 Å². The van der Waals surface area contributed by atoms with Crippen LogP contribution in [0.5, 0.6) is 0 Å². The van der Waals surface area contributed by atoms with Crippen LogP contribution in [0.15, 0.2) is 0 Å². The van der Waals surface area contributed by atoms with Crippen LogP contribution < -0.4 is 0 Å². The number of unbranched alkanes of at least 4 members (excludes halogenated alkanes) is 9. The molecule has 0 spiro atoms. The summed E-state index contributed by atoms with van der Waals surface area (Å²) in [4.78, 5) is 0. The van der Waals surface area contributed by atoms with Crippen LogP contribution in [-0.2, 0) is 33.2 Å². The zero-order valence-corrected chi connectivity index (χ0v) is 22.7. The molecule has 0 N–H and O–H groups in total. The van der Waals surface area contributed by atoms with Gasteiger partial charge in [-0.3, -0.25) is 0 Å². The SMILES string of the molecule is CCCCCCCCCCCCOCCOCCOCCOCCOCCOCCOCCCl. The van der Waals surface area contributed by atoms with Gasteiger partial charge in [0.05, 0.1) is 85.9 Å². The van der Waals surface area contributed by atoms with Gasteiger partial charge in [0.15, 0.2) is 0 Å². The van der Waals surface area contributed by atoms with Crippen LogP contribution in [-0.4, -0.2) is 98.4 Å². The Kier molecular flexibility index (Phi) is 33.0. The van der Waals surface area contributed by atoms with Crippen molar-refractivity contribution in [2.75, 3.05) is 98.4 Å². The summed E-state index contributed by atoms with van der Waals surface area (Å²) in [6.07, 6.45) is 13.5. The molecule has 0 heterocycles. The molecule has 0 atom stereocenters. The topological polar surface area (TPSA) is 64.6 Å². The van der Waals surface area contributed by atoms with Gasteiger partial charge in [0, 0.05) is 12.5 Å². The van der Waals surface area contributed by atoms with Crippen LogP contribution in [0.4, 0.5) is 0 Å². The third kappa shape index (κ3) is 32.0. The van der Waals surface area contributed by atoms with Crippen LogP contribution in [0, 0.1) is 0 Å². The summed E-state index contributed by atoms with van der Waals surface area (Å²) < 4.78 is 38.1. The lowest BCUT2D eigenvalue weighted by Gasteiger charge is -2.08. The van der Waals surface area contributed by atoms with Crippen LogP contribution in [0.1, 0.15) is 71.1 Å². The molecule has 0 bridgehead atoms. The Morgan fingerprint density at radius 1 is 0.324 bits per heavy atom. The maximum Gasteiger partial charge on any atom is 0.0701 e. The summed E-state index contributed by atoms with van der Waals surface area (Å²) in [7, 11) is 0. The quantitative estimate of drug-likeness (QED) is 0.0926. The summed E-state index contributed by atoms with van der Waals surface area (Å²) in [6, 6.07) is 0. The fourth-order valence-electron chi connectivity index (χ4n) is 3.17. The van der Waals surface area contributed by atoms with Crippen molar-refractivity contribution in [1.82, 2.24) is 0 Å². The van der Waals surface area contributed by atoms with Gasteiger partial charge < -0.3 is 33.2 Å². The third-order valence-electron chi connectivity index (χ3n) is 5.10. The van der Waals surface area contributed by atoms with Crippen molar-refractivity contribution < 1.29 is 33.2 Å². The average molecular weight is 513 g/mol. The van der Waals surface area contributed by atoms with Crippen molar-refractivity contribution in [3.05, 3.63) is 0 Å². The van der Waals surface area contributed by atoms with Gasteiger partial charge in [-0.15, -0.1) is 11.6 Å². The molecule has 34 heavy (non-hydrogen) atoms. The van der Waals surface area contributed by atoms with Crippen molar-refractivity contribution in [3.8, 4) is 0 Å². The molecule has 8 heteroatoms. The highest BCUT2D eigenvalue weighted by Crippen LogP contribution is 2.10. The summed E-state index contributed by atoms with van der Waals surface area (Å²) in [5.41, 5.74) is 0. The highest BCUT2D eigenvalue weighted by atomic mass is 35.5. The molecule has 0 aromatic rings. The third-order valence-corrected chi connectivity index (χ3v) is 5.25. The average Bonchev–Trinajstić information content (AvgIpc) is 2.85. The fraction of sp³-hybridized carbons (Fsp3) is 1.00. The molecule has 0 aromatic heterocycles. The Morgan fingerprint density at radius 2 is 0.588 bits per heavy atom. The first-order valence-corrected chi connectivity index (χ1v) is 14.1. The molecule has 206 valence electrons. The summed E-state index contributed by atoms with van der Waals surface area (Å²) in [6.45, 7) is 10.6. The second-order valence-electron chi connectivity index (χ2n) is 8.16. The summed E-state index contributed by atoms with van der Waals surface area (Å²) in [5.74, 6) is 0.511. The number of alkyl halides is 1. The van der Waals surface area contributed by atoms with E-state index in [9.17, 15) is 0 Å². The molecule has 0 unspecified atom stereocenters. The van der Waals surface area contributed by atoms with E-state index in [4.69, 9.17) is 44.8 Å². The Hall–Kier alpha value is 0.01000. The van der Waals surface area contributed by atoms with Gasteiger partial charge in [0.2, 0.25) is 0 Å². The van der Waals surface area contributed by atoms with E-state index in [-0.39, 0.29) is 0 Å². The number of halogens is 1. The van der Waals surface area contributed by atoms with Gasteiger partial charge in [0.1, 0.15) is 0 Å². The first-order chi connectivity index (χ1) is 16.9. The van der Waals surface area contributed by atoms with Gasteiger partial charge in [-0.25, -0.2) is 0 Å². The van der Waals surface area contributed by atoms with Crippen molar-refractivity contribution in [2.45, 2.75) is 71.1 Å². The van der Waals surface area contributed by atoms with Crippen molar-refractivity contribution in [3.63, 3.8) is 0 Å². The highest BCUT2D eigenvalue weighted by Gasteiger charge is 1.96. The summed E-state index contributed by atoms with van der Waals surface area (Å²) >= 11 is 5.50. The molecule has 0 rings (SSSR count). The first kappa shape index (κ1) is 34.0.